The average molecular weight is 280 g/mol. The van der Waals surface area contributed by atoms with E-state index in [0.29, 0.717) is 24.3 Å². The molecule has 2 heterocycles. The molecule has 0 bridgehead atoms. The molecule has 0 N–H and O–H groups in total. The van der Waals surface area contributed by atoms with E-state index in [1.807, 2.05) is 6.07 Å². The lowest BCUT2D eigenvalue weighted by Crippen LogP contribution is -2.28. The van der Waals surface area contributed by atoms with Crippen molar-refractivity contribution >= 4 is 21.8 Å². The highest BCUT2D eigenvalue weighted by Crippen LogP contribution is 2.40. The molecule has 2 nitrogen and oxygen atoms in total. The van der Waals surface area contributed by atoms with E-state index in [-0.39, 0.29) is 0 Å². The van der Waals surface area contributed by atoms with Crippen molar-refractivity contribution in [3.63, 3.8) is 0 Å². The second-order valence-electron chi connectivity index (χ2n) is 4.66. The normalized spacial score (nSPS) is 28.6. The predicted molar refractivity (Wildman–Crippen MR) is 66.2 cm³/mol. The zero-order chi connectivity index (χ0) is 11.1. The minimum absolute atomic E-state index is 0.340. The van der Waals surface area contributed by atoms with Crippen LogP contribution in [0.5, 0.6) is 0 Å². The minimum atomic E-state index is 0.340. The van der Waals surface area contributed by atoms with Gasteiger partial charge in [0, 0.05) is 29.4 Å². The molecule has 2 aliphatic heterocycles. The van der Waals surface area contributed by atoms with Crippen molar-refractivity contribution in [2.24, 2.45) is 0 Å². The smallest absolute Gasteiger partial charge is 0.223 e. The van der Waals surface area contributed by atoms with E-state index < -0.39 is 0 Å². The topological polar surface area (TPSA) is 20.3 Å². The molecule has 0 aromatic heterocycles. The van der Waals surface area contributed by atoms with Crippen LogP contribution in [0.1, 0.15) is 30.7 Å². The van der Waals surface area contributed by atoms with Gasteiger partial charge in [-0.25, -0.2) is 0 Å². The van der Waals surface area contributed by atoms with Gasteiger partial charge in [0.2, 0.25) is 5.91 Å². The Labute approximate surface area is 104 Å². The van der Waals surface area contributed by atoms with Crippen LogP contribution in [0, 0.1) is 0 Å². The van der Waals surface area contributed by atoms with Crippen LogP contribution in [0.25, 0.3) is 0 Å². The lowest BCUT2D eigenvalue weighted by atomic mass is 9.90. The summed E-state index contributed by atoms with van der Waals surface area (Å²) < 4.78 is 1.11. The van der Waals surface area contributed by atoms with E-state index in [1.165, 1.54) is 18.4 Å². The Balaban J connectivity index is 1.93. The Morgan fingerprint density at radius 3 is 3.06 bits per heavy atom. The van der Waals surface area contributed by atoms with Crippen LogP contribution in [0.2, 0.25) is 0 Å². The average Bonchev–Trinajstić information content (AvgIpc) is 2.83. The van der Waals surface area contributed by atoms with E-state index >= 15 is 0 Å². The van der Waals surface area contributed by atoms with E-state index in [4.69, 9.17) is 0 Å². The number of hydrogen-bond acceptors (Lipinski definition) is 1. The maximum Gasteiger partial charge on any atom is 0.223 e. The number of halogens is 1. The number of fused-ring (bicyclic) bond motifs is 1. The molecule has 2 fully saturated rings. The number of carbonyl (C=O) groups excluding carboxylic acids is 1. The van der Waals surface area contributed by atoms with Crippen molar-refractivity contribution in [2.45, 2.75) is 31.2 Å². The zero-order valence-corrected chi connectivity index (χ0v) is 10.6. The molecule has 1 aromatic carbocycles. The molecule has 0 spiro atoms. The van der Waals surface area contributed by atoms with Crippen molar-refractivity contribution < 1.29 is 4.79 Å². The van der Waals surface area contributed by atoms with Gasteiger partial charge in [0.1, 0.15) is 0 Å². The van der Waals surface area contributed by atoms with Gasteiger partial charge < -0.3 is 4.90 Å². The molecule has 2 atom stereocenters. The number of carbonyl (C=O) groups is 1. The van der Waals surface area contributed by atoms with Crippen LogP contribution < -0.4 is 0 Å². The fourth-order valence-corrected chi connectivity index (χ4v) is 3.46. The standard InChI is InChI=1S/C13H14BrNO/c14-10-4-1-3-9(7-10)11-8-13(16)15-6-2-5-12(11)15/h1,3-4,7,11-12H,2,5-6,8H2/t11-,12+/m1/s1. The first-order chi connectivity index (χ1) is 7.75. The summed E-state index contributed by atoms with van der Waals surface area (Å²) in [7, 11) is 0. The van der Waals surface area contributed by atoms with Gasteiger partial charge in [-0.1, -0.05) is 28.1 Å². The Morgan fingerprint density at radius 2 is 2.25 bits per heavy atom. The van der Waals surface area contributed by atoms with Gasteiger partial charge in [0.15, 0.2) is 0 Å². The van der Waals surface area contributed by atoms with Gasteiger partial charge in [-0.15, -0.1) is 0 Å². The molecular formula is C13H14BrNO. The van der Waals surface area contributed by atoms with E-state index in [9.17, 15) is 4.79 Å². The quantitative estimate of drug-likeness (QED) is 0.774. The van der Waals surface area contributed by atoms with E-state index in [1.54, 1.807) is 0 Å². The first-order valence-electron chi connectivity index (χ1n) is 5.80. The van der Waals surface area contributed by atoms with Crippen LogP contribution in [0.15, 0.2) is 28.7 Å². The number of rotatable bonds is 1. The largest absolute Gasteiger partial charge is 0.339 e. The molecule has 0 unspecified atom stereocenters. The molecule has 84 valence electrons. The lowest BCUT2D eigenvalue weighted by Gasteiger charge is -2.20. The highest BCUT2D eigenvalue weighted by atomic mass is 79.9. The molecular weight excluding hydrogens is 266 g/mol. The molecule has 1 amide bonds. The zero-order valence-electron chi connectivity index (χ0n) is 9.03. The maximum absolute atomic E-state index is 11.8. The fraction of sp³-hybridized carbons (Fsp3) is 0.462. The summed E-state index contributed by atoms with van der Waals surface area (Å²) in [5.41, 5.74) is 1.30. The monoisotopic (exact) mass is 279 g/mol. The van der Waals surface area contributed by atoms with Crippen molar-refractivity contribution in [3.05, 3.63) is 34.3 Å². The molecule has 16 heavy (non-hydrogen) atoms. The van der Waals surface area contributed by atoms with Crippen molar-refractivity contribution in [1.29, 1.82) is 0 Å². The van der Waals surface area contributed by atoms with Gasteiger partial charge in [0.05, 0.1) is 0 Å². The number of benzene rings is 1. The van der Waals surface area contributed by atoms with Gasteiger partial charge in [-0.05, 0) is 30.5 Å². The Bertz CT molecular complexity index is 432. The van der Waals surface area contributed by atoms with Crippen molar-refractivity contribution in [2.75, 3.05) is 6.54 Å². The van der Waals surface area contributed by atoms with Crippen molar-refractivity contribution in [1.82, 2.24) is 4.90 Å². The minimum Gasteiger partial charge on any atom is -0.339 e. The lowest BCUT2D eigenvalue weighted by molar-refractivity contribution is -0.127. The van der Waals surface area contributed by atoms with Crippen LogP contribution in [-0.2, 0) is 4.79 Å². The highest BCUT2D eigenvalue weighted by Gasteiger charge is 2.42. The van der Waals surface area contributed by atoms with E-state index in [2.05, 4.69) is 39.0 Å². The van der Waals surface area contributed by atoms with Gasteiger partial charge in [-0.2, -0.15) is 0 Å². The molecule has 3 heteroatoms. The van der Waals surface area contributed by atoms with Crippen LogP contribution in [-0.4, -0.2) is 23.4 Å². The van der Waals surface area contributed by atoms with Gasteiger partial charge >= 0.3 is 0 Å². The number of hydrogen-bond donors (Lipinski definition) is 0. The molecule has 2 aliphatic rings. The molecule has 0 radical (unpaired) electrons. The maximum atomic E-state index is 11.8. The van der Waals surface area contributed by atoms with Crippen LogP contribution in [0.3, 0.4) is 0 Å². The SMILES string of the molecule is O=C1C[C@H](c2cccc(Br)c2)[C@@H]2CCCN12. The van der Waals surface area contributed by atoms with Crippen LogP contribution in [0.4, 0.5) is 0 Å². The van der Waals surface area contributed by atoms with Gasteiger partial charge in [-0.3, -0.25) is 4.79 Å². The Morgan fingerprint density at radius 1 is 1.38 bits per heavy atom. The number of nitrogens with zero attached hydrogens (tertiary/aromatic N) is 1. The highest BCUT2D eigenvalue weighted by molar-refractivity contribution is 9.10. The second-order valence-corrected chi connectivity index (χ2v) is 5.58. The number of amides is 1. The summed E-state index contributed by atoms with van der Waals surface area (Å²) in [4.78, 5) is 13.9. The Kier molecular flexibility index (Phi) is 2.51. The summed E-state index contributed by atoms with van der Waals surface area (Å²) in [6.07, 6.45) is 3.03. The summed E-state index contributed by atoms with van der Waals surface area (Å²) >= 11 is 3.50. The molecule has 1 aromatic rings. The molecule has 0 saturated carbocycles. The third-order valence-corrected chi connectivity index (χ3v) is 4.25. The van der Waals surface area contributed by atoms with Crippen LogP contribution >= 0.6 is 15.9 Å². The first kappa shape index (κ1) is 10.3. The summed E-state index contributed by atoms with van der Waals surface area (Å²) in [6.45, 7) is 0.966. The predicted octanol–water partition coefficient (Wildman–Crippen LogP) is 2.93. The second kappa shape index (κ2) is 3.88. The molecule has 3 rings (SSSR count). The summed E-state index contributed by atoms with van der Waals surface area (Å²) in [6, 6.07) is 8.85. The third-order valence-electron chi connectivity index (χ3n) is 3.76. The first-order valence-corrected chi connectivity index (χ1v) is 6.60. The summed E-state index contributed by atoms with van der Waals surface area (Å²) in [5.74, 6) is 0.750. The van der Waals surface area contributed by atoms with Crippen molar-refractivity contribution in [3.8, 4) is 0 Å². The fourth-order valence-electron chi connectivity index (χ4n) is 3.04. The third kappa shape index (κ3) is 1.58. The Hall–Kier alpha value is -0.830. The molecule has 2 saturated heterocycles. The summed E-state index contributed by atoms with van der Waals surface area (Å²) in [5, 5.41) is 0. The van der Waals surface area contributed by atoms with Gasteiger partial charge in [0.25, 0.3) is 0 Å². The molecule has 0 aliphatic carbocycles. The van der Waals surface area contributed by atoms with E-state index in [0.717, 1.165) is 11.0 Å².